The van der Waals surface area contributed by atoms with E-state index in [1.165, 1.54) is 0 Å². The predicted molar refractivity (Wildman–Crippen MR) is 242 cm³/mol. The number of phosphoric ester groups is 1. The minimum absolute atomic E-state index is 0.0612. The van der Waals surface area contributed by atoms with Crippen molar-refractivity contribution in [1.29, 1.82) is 0 Å². The number of hydrogen-bond acceptors (Lipinski definition) is 6. The number of likely N-dealkylation sites (N-methyl/N-ethyl adjacent to an activating group) is 1. The maximum atomic E-state index is 12.6. The molecule has 0 spiro atoms. The summed E-state index contributed by atoms with van der Waals surface area (Å²) >= 11 is 0. The minimum atomic E-state index is -4.31. The SMILES string of the molecule is CC/C=C\C/C=C\C/C=C\C/C=C\C/C=C\C/C=C\CCCCCOCC(COP(=O)(O)OCC[N+](C)(C)C)OC(=O)CC/C=C\C/C=C\C/C=C\C/C=C\CC. The molecule has 0 amide bonds. The summed E-state index contributed by atoms with van der Waals surface area (Å²) in [4.78, 5) is 22.8. The zero-order valence-corrected chi connectivity index (χ0v) is 37.2. The van der Waals surface area contributed by atoms with Crippen LogP contribution in [0.5, 0.6) is 0 Å². The molecule has 2 atom stereocenters. The molecule has 0 aromatic rings. The second-order valence-corrected chi connectivity index (χ2v) is 16.1. The molecule has 1 N–H and O–H groups in total. The minimum Gasteiger partial charge on any atom is -0.457 e. The highest BCUT2D eigenvalue weighted by Gasteiger charge is 2.26. The number of rotatable bonds is 37. The van der Waals surface area contributed by atoms with Gasteiger partial charge in [-0.25, -0.2) is 4.57 Å². The molecule has 0 saturated heterocycles. The van der Waals surface area contributed by atoms with Gasteiger partial charge >= 0.3 is 13.8 Å². The van der Waals surface area contributed by atoms with Crippen LogP contribution >= 0.6 is 7.82 Å². The Kier molecular flexibility index (Phi) is 37.6. The molecule has 322 valence electrons. The molecule has 2 unspecified atom stereocenters. The van der Waals surface area contributed by atoms with Gasteiger partial charge in [-0.3, -0.25) is 13.8 Å². The van der Waals surface area contributed by atoms with Crippen LogP contribution in [0.2, 0.25) is 0 Å². The van der Waals surface area contributed by atoms with Crippen LogP contribution in [0.3, 0.4) is 0 Å². The van der Waals surface area contributed by atoms with Gasteiger partial charge in [-0.2, -0.15) is 0 Å². The van der Waals surface area contributed by atoms with Crippen molar-refractivity contribution < 1.29 is 37.3 Å². The van der Waals surface area contributed by atoms with Gasteiger partial charge in [0.2, 0.25) is 0 Å². The van der Waals surface area contributed by atoms with Crippen LogP contribution in [0.15, 0.2) is 122 Å². The Labute approximate surface area is 348 Å². The molecule has 8 nitrogen and oxygen atoms in total. The first-order valence-corrected chi connectivity index (χ1v) is 22.8. The van der Waals surface area contributed by atoms with Gasteiger partial charge in [-0.05, 0) is 89.9 Å². The molecule has 0 radical (unpaired) electrons. The molecule has 57 heavy (non-hydrogen) atoms. The van der Waals surface area contributed by atoms with E-state index in [0.717, 1.165) is 89.9 Å². The highest BCUT2D eigenvalue weighted by Crippen LogP contribution is 2.43. The second kappa shape index (κ2) is 39.7. The molecule has 0 aromatic heterocycles. The van der Waals surface area contributed by atoms with Crippen molar-refractivity contribution in [3.05, 3.63) is 122 Å². The third kappa shape index (κ3) is 43.9. The van der Waals surface area contributed by atoms with E-state index in [-0.39, 0.29) is 26.2 Å². The fraction of sp³-hybridized carbons (Fsp3) is 0.562. The van der Waals surface area contributed by atoms with Crippen molar-refractivity contribution >= 4 is 13.8 Å². The lowest BCUT2D eigenvalue weighted by molar-refractivity contribution is -0.870. The average Bonchev–Trinajstić information content (AvgIpc) is 3.16. The summed E-state index contributed by atoms with van der Waals surface area (Å²) in [6, 6.07) is 0. The summed E-state index contributed by atoms with van der Waals surface area (Å²) in [5, 5.41) is 0. The van der Waals surface area contributed by atoms with E-state index in [1.54, 1.807) is 0 Å². The number of quaternary nitrogens is 1. The number of phosphoric acid groups is 1. The van der Waals surface area contributed by atoms with E-state index >= 15 is 0 Å². The van der Waals surface area contributed by atoms with Gasteiger partial charge < -0.3 is 18.9 Å². The van der Waals surface area contributed by atoms with Gasteiger partial charge in [0.05, 0.1) is 34.4 Å². The van der Waals surface area contributed by atoms with E-state index in [2.05, 4.69) is 123 Å². The van der Waals surface area contributed by atoms with Crippen LogP contribution in [0.4, 0.5) is 0 Å². The molecular weight excluding hydrogens is 734 g/mol. The quantitative estimate of drug-likeness (QED) is 0.0220. The number of ether oxygens (including phenoxy) is 2. The first kappa shape index (κ1) is 53.9. The lowest BCUT2D eigenvalue weighted by atomic mass is 10.2. The third-order valence-electron chi connectivity index (χ3n) is 8.03. The Balaban J connectivity index is 4.41. The Morgan fingerprint density at radius 1 is 0.544 bits per heavy atom. The average molecular weight is 813 g/mol. The monoisotopic (exact) mass is 813 g/mol. The summed E-state index contributed by atoms with van der Waals surface area (Å²) in [7, 11) is 1.57. The standard InChI is InChI=1S/C48H78NO7P/c1-6-8-10-12-14-16-18-20-21-22-23-24-25-26-27-28-30-32-34-36-38-40-43-53-45-47(46-55-57(51,52)54-44-42-49(3,4)5)56-48(50)41-39-37-35-33-31-29-19-17-15-13-11-9-7-2/h8-11,14-17,20-21,23-24,26-27,29-32,35,37,47H,6-7,12-13,18-19,22,25,28,33-34,36,38-46H2,1-5H3/p+1/b10-8-,11-9-,16-14-,17-15-,21-20-,24-23-,27-26-,31-29-,32-30-,37-35-. The Bertz CT molecular complexity index is 1310. The van der Waals surface area contributed by atoms with E-state index in [9.17, 15) is 14.3 Å². The van der Waals surface area contributed by atoms with E-state index in [1.807, 2.05) is 33.3 Å². The maximum Gasteiger partial charge on any atom is 0.472 e. The topological polar surface area (TPSA) is 91.3 Å². The van der Waals surface area contributed by atoms with Crippen molar-refractivity contribution in [3.8, 4) is 0 Å². The number of allylic oxidation sites excluding steroid dienone is 20. The van der Waals surface area contributed by atoms with Gasteiger partial charge in [0.1, 0.15) is 19.3 Å². The normalized spacial score (nSPS) is 15.0. The maximum absolute atomic E-state index is 12.6. The van der Waals surface area contributed by atoms with E-state index in [4.69, 9.17) is 18.5 Å². The van der Waals surface area contributed by atoms with Crippen molar-refractivity contribution in [2.24, 2.45) is 0 Å². The van der Waals surface area contributed by atoms with Crippen LogP contribution in [-0.2, 0) is 27.9 Å². The van der Waals surface area contributed by atoms with Crippen molar-refractivity contribution in [3.63, 3.8) is 0 Å². The molecule has 0 saturated carbocycles. The molecule has 0 rings (SSSR count). The number of esters is 1. The molecule has 0 bridgehead atoms. The van der Waals surface area contributed by atoms with Gasteiger partial charge in [-0.15, -0.1) is 0 Å². The summed E-state index contributed by atoms with van der Waals surface area (Å²) < 4.78 is 34.8. The summed E-state index contributed by atoms with van der Waals surface area (Å²) in [6.07, 6.45) is 56.9. The lowest BCUT2D eigenvalue weighted by Crippen LogP contribution is -2.37. The van der Waals surface area contributed by atoms with Crippen molar-refractivity contribution in [2.75, 3.05) is 54.1 Å². The number of unbranched alkanes of at least 4 members (excludes halogenated alkanes) is 3. The van der Waals surface area contributed by atoms with Crippen molar-refractivity contribution in [2.45, 2.75) is 123 Å². The van der Waals surface area contributed by atoms with Crippen LogP contribution in [0.1, 0.15) is 117 Å². The van der Waals surface area contributed by atoms with Crippen LogP contribution in [0.25, 0.3) is 0 Å². The van der Waals surface area contributed by atoms with E-state index < -0.39 is 19.9 Å². The van der Waals surface area contributed by atoms with Crippen LogP contribution < -0.4 is 0 Å². The molecular formula is C48H79NO7P+. The zero-order valence-electron chi connectivity index (χ0n) is 36.3. The number of nitrogens with zero attached hydrogens (tertiary/aromatic N) is 1. The Morgan fingerprint density at radius 2 is 0.965 bits per heavy atom. The number of carbonyl (C=O) groups is 1. The highest BCUT2D eigenvalue weighted by molar-refractivity contribution is 7.47. The lowest BCUT2D eigenvalue weighted by Gasteiger charge is -2.24. The van der Waals surface area contributed by atoms with Crippen molar-refractivity contribution in [1.82, 2.24) is 0 Å². The summed E-state index contributed by atoms with van der Waals surface area (Å²) in [6.45, 7) is 5.15. The number of carbonyl (C=O) groups excluding carboxylic acids is 1. The fourth-order valence-corrected chi connectivity index (χ4v) is 5.54. The van der Waals surface area contributed by atoms with Gasteiger partial charge in [0.25, 0.3) is 0 Å². The van der Waals surface area contributed by atoms with Gasteiger partial charge in [0.15, 0.2) is 0 Å². The first-order valence-electron chi connectivity index (χ1n) is 21.3. The summed E-state index contributed by atoms with van der Waals surface area (Å²) in [5.74, 6) is -0.412. The summed E-state index contributed by atoms with van der Waals surface area (Å²) in [5.41, 5.74) is 0. The van der Waals surface area contributed by atoms with Gasteiger partial charge in [0, 0.05) is 13.0 Å². The third-order valence-corrected chi connectivity index (χ3v) is 9.02. The zero-order chi connectivity index (χ0) is 42.0. The predicted octanol–water partition coefficient (Wildman–Crippen LogP) is 12.6. The fourth-order valence-electron chi connectivity index (χ4n) is 4.80. The first-order chi connectivity index (χ1) is 27.6. The molecule has 0 aromatic carbocycles. The van der Waals surface area contributed by atoms with E-state index in [0.29, 0.717) is 24.1 Å². The molecule has 0 aliphatic heterocycles. The highest BCUT2D eigenvalue weighted by atomic mass is 31.2. The number of hydrogen-bond donors (Lipinski definition) is 1. The Morgan fingerprint density at radius 3 is 1.40 bits per heavy atom. The molecule has 0 aliphatic rings. The molecule has 0 heterocycles. The molecule has 9 heteroatoms. The second-order valence-electron chi connectivity index (χ2n) is 14.6. The molecule has 0 aliphatic carbocycles. The molecule has 0 fully saturated rings. The largest absolute Gasteiger partial charge is 0.472 e. The van der Waals surface area contributed by atoms with Crippen LogP contribution in [-0.4, -0.2) is 75.6 Å². The smallest absolute Gasteiger partial charge is 0.457 e. The Hall–Kier alpha value is -3.10. The van der Waals surface area contributed by atoms with Crippen LogP contribution in [0, 0.1) is 0 Å². The van der Waals surface area contributed by atoms with Gasteiger partial charge in [-0.1, -0.05) is 142 Å².